The Labute approximate surface area is 719 Å². The molecule has 0 radical (unpaired) electrons. The summed E-state index contributed by atoms with van der Waals surface area (Å²) in [4.78, 5) is 33.0. The molecule has 0 aliphatic rings. The molecule has 0 unspecified atom stereocenters. The van der Waals surface area contributed by atoms with E-state index in [0.717, 1.165) is 179 Å². The molecule has 125 heavy (non-hydrogen) atoms. The topological polar surface area (TPSA) is 142 Å². The quantitative estimate of drug-likeness (QED) is 0.109. The van der Waals surface area contributed by atoms with Crippen LogP contribution in [-0.2, 0) is 0 Å². The minimum atomic E-state index is 0.795. The first kappa shape index (κ1) is 74.2. The maximum atomic E-state index is 5.16. The molecule has 24 rings (SSSR count). The molecule has 0 saturated carbocycles. The van der Waals surface area contributed by atoms with Crippen molar-refractivity contribution in [3.63, 3.8) is 0 Å². The van der Waals surface area contributed by atoms with Gasteiger partial charge in [0.15, 0.2) is 0 Å². The molecule has 586 valence electrons. The molecule has 0 aliphatic heterocycles. The van der Waals surface area contributed by atoms with Crippen molar-refractivity contribution in [3.8, 4) is 146 Å². The third kappa shape index (κ3) is 15.4. The SMILES string of the molecule is c1ccc(-c2ccc(-c3cc(-c4cc5cc6ccccc6cn5n4)cc(-c4ccc(-c5ccccn5)cc4)n3)nc2)cc1.c1ccc2cc(-c3cc(-c4ccc5ccccc5c4)nc(-c4cc5cc6ccccc6cn5n4)c3)ccc2c1.c1ccc2cn3nc(-c4cc(-c5ccc(-c6ccncc6)cc5)cc(-c5ccc(-c6ccncc6)cc5)n4)cc3cc2c1. The van der Waals surface area contributed by atoms with Gasteiger partial charge < -0.3 is 0 Å². The van der Waals surface area contributed by atoms with Crippen LogP contribution in [0.25, 0.3) is 216 Å². The third-order valence-corrected chi connectivity index (χ3v) is 23.1. The van der Waals surface area contributed by atoms with Crippen LogP contribution in [0, 0.1) is 0 Å². The van der Waals surface area contributed by atoms with E-state index in [9.17, 15) is 0 Å². The molecule has 11 aromatic carbocycles. The molecule has 13 heterocycles. The van der Waals surface area contributed by atoms with Crippen LogP contribution >= 0.6 is 0 Å². The zero-order valence-electron chi connectivity index (χ0n) is 67.5. The highest BCUT2D eigenvalue weighted by atomic mass is 15.2. The molecule has 13 aromatic heterocycles. The highest BCUT2D eigenvalue weighted by Crippen LogP contribution is 2.39. The second kappa shape index (κ2) is 32.5. The second-order valence-corrected chi connectivity index (χ2v) is 31.1. The van der Waals surface area contributed by atoms with Crippen molar-refractivity contribution in [1.29, 1.82) is 0 Å². The van der Waals surface area contributed by atoms with Crippen LogP contribution in [0.1, 0.15) is 0 Å². The Balaban J connectivity index is 0.000000111. The number of hydrogen-bond acceptors (Lipinski definition) is 10. The van der Waals surface area contributed by atoms with E-state index < -0.39 is 0 Å². The Bertz CT molecular complexity index is 7340. The van der Waals surface area contributed by atoms with Gasteiger partial charge >= 0.3 is 0 Å². The van der Waals surface area contributed by atoms with Crippen LogP contribution in [0.3, 0.4) is 0 Å². The van der Waals surface area contributed by atoms with Crippen LogP contribution in [-0.4, -0.2) is 63.7 Å². The fraction of sp³-hybridized carbons (Fsp3) is 0. The van der Waals surface area contributed by atoms with E-state index in [2.05, 4.69) is 355 Å². The van der Waals surface area contributed by atoms with Crippen molar-refractivity contribution < 1.29 is 0 Å². The minimum absolute atomic E-state index is 0.795. The van der Waals surface area contributed by atoms with Crippen molar-refractivity contribution in [3.05, 3.63) is 444 Å². The highest BCUT2D eigenvalue weighted by Gasteiger charge is 2.19. The highest BCUT2D eigenvalue weighted by molar-refractivity contribution is 5.94. The first-order chi connectivity index (χ1) is 61.8. The van der Waals surface area contributed by atoms with Crippen molar-refractivity contribution in [1.82, 2.24) is 63.7 Å². The molecule has 0 aliphatic carbocycles. The zero-order valence-corrected chi connectivity index (χ0v) is 67.5. The number of rotatable bonds is 13. The molecule has 24 aromatic rings. The first-order valence-electron chi connectivity index (χ1n) is 41.6. The summed E-state index contributed by atoms with van der Waals surface area (Å²) >= 11 is 0. The number of fused-ring (bicyclic) bond motifs is 8. The van der Waals surface area contributed by atoms with Gasteiger partial charge in [0, 0.05) is 105 Å². The molecule has 13 nitrogen and oxygen atoms in total. The van der Waals surface area contributed by atoms with E-state index in [-0.39, 0.29) is 0 Å². The van der Waals surface area contributed by atoms with E-state index in [1.54, 1.807) is 0 Å². The zero-order chi connectivity index (χ0) is 82.9. The number of aromatic nitrogens is 13. The number of pyridine rings is 10. The predicted molar refractivity (Wildman–Crippen MR) is 508 cm³/mol. The van der Waals surface area contributed by atoms with Gasteiger partial charge in [-0.25, -0.2) is 28.5 Å². The number of hydrogen-bond donors (Lipinski definition) is 0. The second-order valence-electron chi connectivity index (χ2n) is 31.1. The molecule has 0 fully saturated rings. The van der Waals surface area contributed by atoms with Crippen LogP contribution < -0.4 is 0 Å². The van der Waals surface area contributed by atoms with Crippen molar-refractivity contribution in [2.24, 2.45) is 0 Å². The van der Waals surface area contributed by atoms with Crippen molar-refractivity contribution in [2.45, 2.75) is 0 Å². The maximum Gasteiger partial charge on any atom is 0.112 e. The smallest absolute Gasteiger partial charge is 0.112 e. The largest absolute Gasteiger partial charge is 0.265 e. The van der Waals surface area contributed by atoms with Gasteiger partial charge in [-0.05, 0) is 215 Å². The molecule has 0 atom stereocenters. The Kier molecular flexibility index (Phi) is 19.3. The summed E-state index contributed by atoms with van der Waals surface area (Å²) in [5.74, 6) is 0. The fourth-order valence-corrected chi connectivity index (χ4v) is 16.5. The molecule has 0 bridgehead atoms. The van der Waals surface area contributed by atoms with Crippen molar-refractivity contribution >= 4 is 70.4 Å². The summed E-state index contributed by atoms with van der Waals surface area (Å²) in [6.07, 6.45) is 17.3. The summed E-state index contributed by atoms with van der Waals surface area (Å²) in [5.41, 5.74) is 29.1. The summed E-state index contributed by atoms with van der Waals surface area (Å²) in [5, 5.41) is 26.8. The Morgan fingerprint density at radius 3 is 0.952 bits per heavy atom. The molecular weight excluding hydrogens is 1530 g/mol. The molecule has 0 amide bonds. The van der Waals surface area contributed by atoms with Gasteiger partial charge in [-0.15, -0.1) is 0 Å². The van der Waals surface area contributed by atoms with E-state index in [1.165, 1.54) is 37.7 Å². The summed E-state index contributed by atoms with van der Waals surface area (Å²) in [7, 11) is 0. The summed E-state index contributed by atoms with van der Waals surface area (Å²) in [6, 6.07) is 135. The van der Waals surface area contributed by atoms with Crippen LogP contribution in [0.15, 0.2) is 444 Å². The number of benzene rings is 11. The lowest BCUT2D eigenvalue weighted by Gasteiger charge is -2.10. The van der Waals surface area contributed by atoms with Gasteiger partial charge in [-0.3, -0.25) is 19.9 Å². The van der Waals surface area contributed by atoms with Gasteiger partial charge in [0.2, 0.25) is 0 Å². The normalized spacial score (nSPS) is 11.4. The van der Waals surface area contributed by atoms with E-state index in [0.29, 0.717) is 0 Å². The summed E-state index contributed by atoms with van der Waals surface area (Å²) < 4.78 is 5.85. The third-order valence-electron chi connectivity index (χ3n) is 23.1. The Morgan fingerprint density at radius 1 is 0.152 bits per heavy atom. The maximum absolute atomic E-state index is 5.16. The molecule has 0 N–H and O–H groups in total. The van der Waals surface area contributed by atoms with Crippen LogP contribution in [0.2, 0.25) is 0 Å². The minimum Gasteiger partial charge on any atom is -0.265 e. The van der Waals surface area contributed by atoms with Crippen LogP contribution in [0.5, 0.6) is 0 Å². The standard InChI is InChI=1S/2C38H25N5.C36H23N3/c1-2-8-26(9-3-1)30-17-18-35(40-24-30)38-22-32(37-23-33-20-29-10-4-5-11-31(29)25-43(33)42-37)21-36(41-38)28-15-13-27(14-16-28)34-12-6-7-19-39-34;1-2-4-33-25-43-35(21-32(33)3-1)24-38(42-43)37-23-34(28-7-5-26(6-8-28)29-13-17-39-18-14-29)22-36(41-37)31-11-9-27(10-12-31)30-15-19-40-20-16-30;1-3-9-26-17-29(15-13-24(26)7-1)32-20-34(30-16-14-25-8-2-4-10-27(25)18-30)37-35(21-32)36-22-33-19-28-11-5-6-12-31(28)23-39(33)38-36/h2*1-25H;1-23H. The molecular formula is C112H73N13. The van der Waals surface area contributed by atoms with E-state index in [4.69, 9.17) is 35.2 Å². The van der Waals surface area contributed by atoms with E-state index >= 15 is 0 Å². The van der Waals surface area contributed by atoms with Crippen molar-refractivity contribution in [2.75, 3.05) is 0 Å². The Hall–Kier alpha value is -17.2. The lowest BCUT2D eigenvalue weighted by Crippen LogP contribution is -1.94. The molecule has 0 saturated heterocycles. The number of nitrogens with zero attached hydrogens (tertiary/aromatic N) is 13. The molecule has 0 spiro atoms. The fourth-order valence-electron chi connectivity index (χ4n) is 16.5. The van der Waals surface area contributed by atoms with E-state index in [1.807, 2.05) is 117 Å². The van der Waals surface area contributed by atoms with Crippen LogP contribution in [0.4, 0.5) is 0 Å². The average Bonchev–Trinajstić information content (AvgIpc) is 1.73. The first-order valence-corrected chi connectivity index (χ1v) is 41.6. The average molecular weight is 1600 g/mol. The van der Waals surface area contributed by atoms with Gasteiger partial charge in [-0.1, -0.05) is 261 Å². The Morgan fingerprint density at radius 2 is 0.480 bits per heavy atom. The predicted octanol–water partition coefficient (Wildman–Crippen LogP) is 27.2. The van der Waals surface area contributed by atoms with Gasteiger partial charge in [0.05, 0.1) is 67.8 Å². The van der Waals surface area contributed by atoms with Gasteiger partial charge in [-0.2, -0.15) is 15.3 Å². The van der Waals surface area contributed by atoms with Gasteiger partial charge in [0.1, 0.15) is 11.4 Å². The molecule has 13 heteroatoms. The monoisotopic (exact) mass is 1600 g/mol. The van der Waals surface area contributed by atoms with Gasteiger partial charge in [0.25, 0.3) is 0 Å². The lowest BCUT2D eigenvalue weighted by molar-refractivity contribution is 0.970. The summed E-state index contributed by atoms with van der Waals surface area (Å²) in [6.45, 7) is 0. The lowest BCUT2D eigenvalue weighted by atomic mass is 9.98.